The highest BCUT2D eigenvalue weighted by Crippen LogP contribution is 2.32. The lowest BCUT2D eigenvalue weighted by Crippen LogP contribution is -2.39. The van der Waals surface area contributed by atoms with E-state index in [9.17, 15) is 4.79 Å². The first-order valence-corrected chi connectivity index (χ1v) is 9.01. The third kappa shape index (κ3) is 3.58. The first-order valence-electron chi connectivity index (χ1n) is 9.01. The molecule has 0 spiro atoms. The topological polar surface area (TPSA) is 56.4 Å². The van der Waals surface area contributed by atoms with E-state index in [1.54, 1.807) is 11.9 Å². The summed E-state index contributed by atoms with van der Waals surface area (Å²) in [6, 6.07) is 17.5. The summed E-state index contributed by atoms with van der Waals surface area (Å²) in [5.74, 6) is 0. The van der Waals surface area contributed by atoms with Crippen LogP contribution in [0.1, 0.15) is 6.42 Å². The van der Waals surface area contributed by atoms with Crippen LogP contribution in [0.3, 0.4) is 0 Å². The summed E-state index contributed by atoms with van der Waals surface area (Å²) >= 11 is 0. The van der Waals surface area contributed by atoms with Gasteiger partial charge in [-0.1, -0.05) is 54.6 Å². The van der Waals surface area contributed by atoms with Crippen LogP contribution in [0.2, 0.25) is 0 Å². The van der Waals surface area contributed by atoms with Gasteiger partial charge in [-0.05, 0) is 30.7 Å². The molecule has 0 aromatic heterocycles. The molecule has 0 atom stereocenters. The van der Waals surface area contributed by atoms with Gasteiger partial charge in [-0.15, -0.1) is 0 Å². The second-order valence-corrected chi connectivity index (χ2v) is 6.50. The molecule has 5 heteroatoms. The van der Waals surface area contributed by atoms with Crippen LogP contribution in [-0.2, 0) is 0 Å². The minimum absolute atomic E-state index is 0.0984. The van der Waals surface area contributed by atoms with Gasteiger partial charge in [0, 0.05) is 24.0 Å². The number of benzene rings is 2. The van der Waals surface area contributed by atoms with Gasteiger partial charge >= 0.3 is 6.03 Å². The van der Waals surface area contributed by atoms with Crippen molar-refractivity contribution in [2.75, 3.05) is 22.6 Å². The molecule has 1 aliphatic heterocycles. The van der Waals surface area contributed by atoms with Crippen LogP contribution in [0.15, 0.2) is 90.2 Å². The van der Waals surface area contributed by atoms with Crippen molar-refractivity contribution in [3.05, 3.63) is 90.2 Å². The largest absolute Gasteiger partial charge is 0.360 e. The Bertz CT molecular complexity index is 905. The van der Waals surface area contributed by atoms with Crippen molar-refractivity contribution in [1.29, 1.82) is 0 Å². The van der Waals surface area contributed by atoms with Crippen LogP contribution < -0.4 is 20.9 Å². The van der Waals surface area contributed by atoms with Gasteiger partial charge in [-0.2, -0.15) is 0 Å². The number of anilines is 3. The molecule has 1 heterocycles. The van der Waals surface area contributed by atoms with Crippen molar-refractivity contribution >= 4 is 23.1 Å². The van der Waals surface area contributed by atoms with E-state index < -0.39 is 0 Å². The van der Waals surface area contributed by atoms with Crippen LogP contribution >= 0.6 is 0 Å². The van der Waals surface area contributed by atoms with Crippen molar-refractivity contribution in [2.45, 2.75) is 12.6 Å². The van der Waals surface area contributed by atoms with E-state index in [1.807, 2.05) is 72.8 Å². The lowest BCUT2D eigenvalue weighted by molar-refractivity contribution is 0.250. The molecule has 4 rings (SSSR count). The minimum atomic E-state index is -0.171. The van der Waals surface area contributed by atoms with Crippen LogP contribution in [0.4, 0.5) is 21.9 Å². The van der Waals surface area contributed by atoms with Crippen molar-refractivity contribution < 1.29 is 4.79 Å². The molecule has 0 bridgehead atoms. The normalized spacial score (nSPS) is 15.6. The second-order valence-electron chi connectivity index (χ2n) is 6.50. The standard InChI is InChI=1S/C22H22N4O/c1-26(16-10-4-2-5-11-16)22(27)25-18-13-7-3-6-12-17(18)21-23-19-14-8-9-15-20(19)24-21/h2-6,8-15,21,23-24H,7H2,1H3,(H,25,27). The van der Waals surface area contributed by atoms with Gasteiger partial charge in [0.1, 0.15) is 6.17 Å². The predicted molar refractivity (Wildman–Crippen MR) is 111 cm³/mol. The average Bonchev–Trinajstić information content (AvgIpc) is 3.00. The van der Waals surface area contributed by atoms with Gasteiger partial charge in [-0.3, -0.25) is 4.90 Å². The summed E-state index contributed by atoms with van der Waals surface area (Å²) < 4.78 is 0. The molecule has 0 fully saturated rings. The lowest BCUT2D eigenvalue weighted by Gasteiger charge is -2.23. The fourth-order valence-electron chi connectivity index (χ4n) is 3.22. The van der Waals surface area contributed by atoms with E-state index in [0.717, 1.165) is 34.8 Å². The van der Waals surface area contributed by atoms with E-state index >= 15 is 0 Å². The van der Waals surface area contributed by atoms with Crippen LogP contribution in [0.5, 0.6) is 0 Å². The minimum Gasteiger partial charge on any atom is -0.360 e. The number of carbonyl (C=O) groups excluding carboxylic acids is 1. The molecular formula is C22H22N4O. The Morgan fingerprint density at radius 3 is 2.41 bits per heavy atom. The Morgan fingerprint density at radius 2 is 1.70 bits per heavy atom. The van der Waals surface area contributed by atoms with Crippen LogP contribution in [-0.4, -0.2) is 19.2 Å². The molecule has 0 saturated carbocycles. The maximum absolute atomic E-state index is 12.8. The number of nitrogens with one attached hydrogen (secondary N) is 3. The number of carbonyl (C=O) groups is 1. The van der Waals surface area contributed by atoms with E-state index in [4.69, 9.17) is 0 Å². The highest BCUT2D eigenvalue weighted by molar-refractivity contribution is 5.93. The van der Waals surface area contributed by atoms with Crippen molar-refractivity contribution in [3.63, 3.8) is 0 Å². The first kappa shape index (κ1) is 17.0. The summed E-state index contributed by atoms with van der Waals surface area (Å²) in [5, 5.41) is 10.0. The summed E-state index contributed by atoms with van der Waals surface area (Å²) in [5.41, 5.74) is 4.77. The third-order valence-corrected chi connectivity index (χ3v) is 4.71. The Kier molecular flexibility index (Phi) is 4.66. The Balaban J connectivity index is 1.53. The van der Waals surface area contributed by atoms with Crippen molar-refractivity contribution in [2.24, 2.45) is 0 Å². The molecule has 5 nitrogen and oxygen atoms in total. The van der Waals surface area contributed by atoms with Gasteiger partial charge < -0.3 is 16.0 Å². The number of hydrogen-bond donors (Lipinski definition) is 3. The monoisotopic (exact) mass is 358 g/mol. The molecule has 136 valence electrons. The third-order valence-electron chi connectivity index (χ3n) is 4.71. The molecule has 0 saturated heterocycles. The summed E-state index contributed by atoms with van der Waals surface area (Å²) in [6.45, 7) is 0. The van der Waals surface area contributed by atoms with E-state index in [0.29, 0.717) is 0 Å². The van der Waals surface area contributed by atoms with E-state index in [1.165, 1.54) is 0 Å². The highest BCUT2D eigenvalue weighted by atomic mass is 16.2. The van der Waals surface area contributed by atoms with Gasteiger partial charge in [-0.25, -0.2) is 4.79 Å². The SMILES string of the molecule is CN(C(=O)NC1=CCC=CC=C1C1Nc2ccccc2N1)c1ccccc1. The smallest absolute Gasteiger partial charge is 0.326 e. The second kappa shape index (κ2) is 7.41. The fourth-order valence-corrected chi connectivity index (χ4v) is 3.22. The number of allylic oxidation sites excluding steroid dienone is 4. The Morgan fingerprint density at radius 1 is 1.04 bits per heavy atom. The molecular weight excluding hydrogens is 336 g/mol. The molecule has 0 unspecified atom stereocenters. The van der Waals surface area contributed by atoms with Gasteiger partial charge in [0.15, 0.2) is 0 Å². The molecule has 3 N–H and O–H groups in total. The summed E-state index contributed by atoms with van der Waals surface area (Å²) in [7, 11) is 1.77. The number of urea groups is 1. The molecule has 0 radical (unpaired) electrons. The molecule has 27 heavy (non-hydrogen) atoms. The van der Waals surface area contributed by atoms with Crippen LogP contribution in [0, 0.1) is 0 Å². The number of amides is 2. The summed E-state index contributed by atoms with van der Waals surface area (Å²) in [4.78, 5) is 14.4. The maximum Gasteiger partial charge on any atom is 0.326 e. The predicted octanol–water partition coefficient (Wildman–Crippen LogP) is 4.47. The number of rotatable bonds is 3. The average molecular weight is 358 g/mol. The zero-order valence-electron chi connectivity index (χ0n) is 15.1. The Hall–Kier alpha value is -3.47. The van der Waals surface area contributed by atoms with Crippen LogP contribution in [0.25, 0.3) is 0 Å². The van der Waals surface area contributed by atoms with Gasteiger partial charge in [0.2, 0.25) is 0 Å². The zero-order chi connectivity index (χ0) is 18.6. The quantitative estimate of drug-likeness (QED) is 0.759. The van der Waals surface area contributed by atoms with E-state index in [-0.39, 0.29) is 12.2 Å². The fraction of sp³-hybridized carbons (Fsp3) is 0.136. The molecule has 2 amide bonds. The number of hydrogen-bond acceptors (Lipinski definition) is 3. The van der Waals surface area contributed by atoms with Gasteiger partial charge in [0.05, 0.1) is 11.4 Å². The first-order chi connectivity index (χ1) is 13.2. The molecule has 2 aromatic carbocycles. The highest BCUT2D eigenvalue weighted by Gasteiger charge is 2.26. The zero-order valence-corrected chi connectivity index (χ0v) is 15.1. The number of nitrogens with zero attached hydrogens (tertiary/aromatic N) is 1. The van der Waals surface area contributed by atoms with Gasteiger partial charge in [0.25, 0.3) is 0 Å². The number of para-hydroxylation sites is 3. The summed E-state index contributed by atoms with van der Waals surface area (Å²) in [6.07, 6.45) is 8.85. The lowest BCUT2D eigenvalue weighted by atomic mass is 10.1. The maximum atomic E-state index is 12.8. The van der Waals surface area contributed by atoms with Crippen molar-refractivity contribution in [1.82, 2.24) is 5.32 Å². The van der Waals surface area contributed by atoms with Crippen molar-refractivity contribution in [3.8, 4) is 0 Å². The molecule has 2 aromatic rings. The number of fused-ring (bicyclic) bond motifs is 1. The van der Waals surface area contributed by atoms with E-state index in [2.05, 4.69) is 22.0 Å². The molecule has 2 aliphatic rings. The molecule has 1 aliphatic carbocycles. The Labute approximate surface area is 159 Å².